The fourth-order valence-corrected chi connectivity index (χ4v) is 2.90. The molecule has 1 aromatic rings. The fraction of sp³-hybridized carbons (Fsp3) is 0.667. The van der Waals surface area contributed by atoms with Crippen molar-refractivity contribution in [3.63, 3.8) is 0 Å². The molecule has 2 rings (SSSR count). The molecule has 94 valence electrons. The molecule has 1 saturated heterocycles. The Kier molecular flexibility index (Phi) is 4.36. The Morgan fingerprint density at radius 1 is 1.47 bits per heavy atom. The zero-order valence-corrected chi connectivity index (χ0v) is 11.1. The number of rotatable bonds is 4. The SMILES string of the molecule is CCNc1ncc(CN2CCCCCC2=O)s1. The second-order valence-corrected chi connectivity index (χ2v) is 5.40. The molecule has 2 heterocycles. The minimum atomic E-state index is 0.293. The normalized spacial score (nSPS) is 17.0. The van der Waals surface area contributed by atoms with E-state index in [1.807, 2.05) is 11.1 Å². The highest BCUT2D eigenvalue weighted by Crippen LogP contribution is 2.21. The summed E-state index contributed by atoms with van der Waals surface area (Å²) in [6, 6.07) is 0. The summed E-state index contributed by atoms with van der Waals surface area (Å²) in [4.78, 5) is 19.3. The molecule has 0 radical (unpaired) electrons. The summed E-state index contributed by atoms with van der Waals surface area (Å²) in [7, 11) is 0. The van der Waals surface area contributed by atoms with E-state index in [1.54, 1.807) is 11.3 Å². The molecule has 4 nitrogen and oxygen atoms in total. The van der Waals surface area contributed by atoms with Crippen LogP contribution in [0.15, 0.2) is 6.20 Å². The maximum Gasteiger partial charge on any atom is 0.222 e. The third kappa shape index (κ3) is 3.43. The van der Waals surface area contributed by atoms with Crippen molar-refractivity contribution in [2.75, 3.05) is 18.4 Å². The lowest BCUT2D eigenvalue weighted by atomic mass is 10.2. The molecule has 5 heteroatoms. The van der Waals surface area contributed by atoms with Crippen LogP contribution >= 0.6 is 11.3 Å². The van der Waals surface area contributed by atoms with Crippen LogP contribution < -0.4 is 5.32 Å². The summed E-state index contributed by atoms with van der Waals surface area (Å²) >= 11 is 1.64. The standard InChI is InChI=1S/C12H19N3OS/c1-2-13-12-14-8-10(17-12)9-15-7-5-3-4-6-11(15)16/h8H,2-7,9H2,1H3,(H,13,14). The molecular weight excluding hydrogens is 234 g/mol. The van der Waals surface area contributed by atoms with Crippen molar-refractivity contribution in [3.8, 4) is 0 Å². The van der Waals surface area contributed by atoms with E-state index >= 15 is 0 Å². The number of hydrogen-bond acceptors (Lipinski definition) is 4. The summed E-state index contributed by atoms with van der Waals surface area (Å²) in [6.45, 7) is 4.56. The van der Waals surface area contributed by atoms with Crippen molar-refractivity contribution in [2.45, 2.75) is 39.2 Å². The van der Waals surface area contributed by atoms with Gasteiger partial charge in [0.1, 0.15) is 0 Å². The van der Waals surface area contributed by atoms with Crippen LogP contribution in [0.4, 0.5) is 5.13 Å². The van der Waals surface area contributed by atoms with Crippen molar-refractivity contribution in [3.05, 3.63) is 11.1 Å². The molecule has 0 aliphatic carbocycles. The van der Waals surface area contributed by atoms with Crippen LogP contribution in [0.25, 0.3) is 0 Å². The number of aromatic nitrogens is 1. The first kappa shape index (κ1) is 12.4. The molecular formula is C12H19N3OS. The van der Waals surface area contributed by atoms with Crippen LogP contribution in [-0.4, -0.2) is 28.9 Å². The first-order valence-corrected chi connectivity index (χ1v) is 7.07. The first-order chi connectivity index (χ1) is 8.29. The second-order valence-electron chi connectivity index (χ2n) is 4.29. The van der Waals surface area contributed by atoms with Gasteiger partial charge in [0.05, 0.1) is 6.54 Å². The van der Waals surface area contributed by atoms with Crippen LogP contribution in [0.1, 0.15) is 37.5 Å². The second kappa shape index (κ2) is 6.00. The zero-order valence-electron chi connectivity index (χ0n) is 10.2. The molecule has 0 aromatic carbocycles. The minimum Gasteiger partial charge on any atom is -0.362 e. The van der Waals surface area contributed by atoms with Gasteiger partial charge in [0.15, 0.2) is 5.13 Å². The molecule has 1 aromatic heterocycles. The number of anilines is 1. The Morgan fingerprint density at radius 2 is 2.35 bits per heavy atom. The van der Waals surface area contributed by atoms with Gasteiger partial charge in [-0.1, -0.05) is 6.42 Å². The molecule has 0 spiro atoms. The molecule has 0 unspecified atom stereocenters. The highest BCUT2D eigenvalue weighted by Gasteiger charge is 2.17. The molecule has 0 atom stereocenters. The maximum atomic E-state index is 11.8. The lowest BCUT2D eigenvalue weighted by Gasteiger charge is -2.19. The highest BCUT2D eigenvalue weighted by molar-refractivity contribution is 7.15. The first-order valence-electron chi connectivity index (χ1n) is 6.26. The van der Waals surface area contributed by atoms with Crippen LogP contribution in [0.5, 0.6) is 0 Å². The molecule has 0 saturated carbocycles. The van der Waals surface area contributed by atoms with Gasteiger partial charge in [-0.05, 0) is 19.8 Å². The molecule has 17 heavy (non-hydrogen) atoms. The average Bonchev–Trinajstić information content (AvgIpc) is 2.65. The van der Waals surface area contributed by atoms with Gasteiger partial charge in [-0.25, -0.2) is 4.98 Å². The highest BCUT2D eigenvalue weighted by atomic mass is 32.1. The topological polar surface area (TPSA) is 45.2 Å². The minimum absolute atomic E-state index is 0.293. The van der Waals surface area contributed by atoms with Gasteiger partial charge in [0, 0.05) is 30.6 Å². The van der Waals surface area contributed by atoms with Gasteiger partial charge in [0.2, 0.25) is 5.91 Å². The van der Waals surface area contributed by atoms with Crippen LogP contribution in [-0.2, 0) is 11.3 Å². The van der Waals surface area contributed by atoms with E-state index in [0.29, 0.717) is 12.3 Å². The van der Waals surface area contributed by atoms with Gasteiger partial charge in [-0.3, -0.25) is 4.79 Å². The molecule has 1 amide bonds. The third-order valence-electron chi connectivity index (χ3n) is 2.90. The van der Waals surface area contributed by atoms with Crippen LogP contribution in [0.2, 0.25) is 0 Å². The number of hydrogen-bond donors (Lipinski definition) is 1. The van der Waals surface area contributed by atoms with E-state index in [2.05, 4.69) is 17.2 Å². The Morgan fingerprint density at radius 3 is 3.18 bits per heavy atom. The van der Waals surface area contributed by atoms with Crippen LogP contribution in [0, 0.1) is 0 Å². The summed E-state index contributed by atoms with van der Waals surface area (Å²) in [6.07, 6.45) is 5.93. The van der Waals surface area contributed by atoms with Gasteiger partial charge >= 0.3 is 0 Å². The lowest BCUT2D eigenvalue weighted by molar-refractivity contribution is -0.131. The third-order valence-corrected chi connectivity index (χ3v) is 3.84. The predicted molar refractivity (Wildman–Crippen MR) is 70.2 cm³/mol. The van der Waals surface area contributed by atoms with E-state index in [4.69, 9.17) is 0 Å². The lowest BCUT2D eigenvalue weighted by Crippen LogP contribution is -2.29. The number of thiazole rings is 1. The fourth-order valence-electron chi connectivity index (χ4n) is 2.01. The Hall–Kier alpha value is -1.10. The van der Waals surface area contributed by atoms with Crippen molar-refractivity contribution in [2.24, 2.45) is 0 Å². The smallest absolute Gasteiger partial charge is 0.222 e. The Bertz CT molecular complexity index is 378. The number of amides is 1. The van der Waals surface area contributed by atoms with Gasteiger partial charge < -0.3 is 10.2 Å². The van der Waals surface area contributed by atoms with Crippen molar-refractivity contribution in [1.29, 1.82) is 0 Å². The van der Waals surface area contributed by atoms with E-state index in [-0.39, 0.29) is 0 Å². The van der Waals surface area contributed by atoms with E-state index in [1.165, 1.54) is 6.42 Å². The van der Waals surface area contributed by atoms with E-state index < -0.39 is 0 Å². The number of likely N-dealkylation sites (tertiary alicyclic amines) is 1. The molecule has 1 aliphatic rings. The maximum absolute atomic E-state index is 11.8. The zero-order chi connectivity index (χ0) is 12.1. The van der Waals surface area contributed by atoms with Crippen LogP contribution in [0.3, 0.4) is 0 Å². The Balaban J connectivity index is 1.95. The van der Waals surface area contributed by atoms with Gasteiger partial charge in [-0.15, -0.1) is 11.3 Å². The largest absolute Gasteiger partial charge is 0.362 e. The molecule has 0 bridgehead atoms. The number of nitrogens with zero attached hydrogens (tertiary/aromatic N) is 2. The quantitative estimate of drug-likeness (QED) is 0.896. The molecule has 1 N–H and O–H groups in total. The van der Waals surface area contributed by atoms with Crippen molar-refractivity contribution >= 4 is 22.4 Å². The number of carbonyl (C=O) groups excluding carboxylic acids is 1. The summed E-state index contributed by atoms with van der Waals surface area (Å²) in [5, 5.41) is 4.14. The van der Waals surface area contributed by atoms with Gasteiger partial charge in [0.25, 0.3) is 0 Å². The average molecular weight is 253 g/mol. The molecule has 1 aliphatic heterocycles. The summed E-state index contributed by atoms with van der Waals surface area (Å²) in [5.41, 5.74) is 0. The van der Waals surface area contributed by atoms with Gasteiger partial charge in [-0.2, -0.15) is 0 Å². The van der Waals surface area contributed by atoms with E-state index in [9.17, 15) is 4.79 Å². The van der Waals surface area contributed by atoms with Crippen molar-refractivity contribution in [1.82, 2.24) is 9.88 Å². The Labute approximate surface area is 106 Å². The van der Waals surface area contributed by atoms with Crippen molar-refractivity contribution < 1.29 is 4.79 Å². The van der Waals surface area contributed by atoms with E-state index in [0.717, 1.165) is 42.5 Å². The number of nitrogens with one attached hydrogen (secondary N) is 1. The summed E-state index contributed by atoms with van der Waals surface area (Å²) < 4.78 is 0. The summed E-state index contributed by atoms with van der Waals surface area (Å²) in [5.74, 6) is 0.293. The monoisotopic (exact) mass is 253 g/mol. The molecule has 1 fully saturated rings. The number of carbonyl (C=O) groups is 1. The predicted octanol–water partition coefficient (Wildman–Crippen LogP) is 2.48.